The van der Waals surface area contributed by atoms with E-state index in [1.54, 1.807) is 0 Å². The van der Waals surface area contributed by atoms with Gasteiger partial charge in [0.1, 0.15) is 5.82 Å². The first kappa shape index (κ1) is 10.1. The van der Waals surface area contributed by atoms with Crippen molar-refractivity contribution in [2.24, 2.45) is 0 Å². The highest BCUT2D eigenvalue weighted by molar-refractivity contribution is 5.43. The van der Waals surface area contributed by atoms with Crippen molar-refractivity contribution in [3.63, 3.8) is 0 Å². The van der Waals surface area contributed by atoms with Crippen molar-refractivity contribution in [3.05, 3.63) is 24.4 Å². The first-order valence-corrected chi connectivity index (χ1v) is 6.10. The van der Waals surface area contributed by atoms with Crippen molar-refractivity contribution < 1.29 is 4.74 Å². The summed E-state index contributed by atoms with van der Waals surface area (Å²) in [6.45, 7) is 0. The van der Waals surface area contributed by atoms with E-state index in [4.69, 9.17) is 4.74 Å². The van der Waals surface area contributed by atoms with E-state index in [-0.39, 0.29) is 0 Å². The number of methoxy groups -OCH3 is 1. The zero-order valence-corrected chi connectivity index (χ0v) is 9.67. The molecule has 3 rings (SSSR count). The number of nitrogens with zero attached hydrogens (tertiary/aromatic N) is 2. The lowest BCUT2D eigenvalue weighted by Gasteiger charge is -2.39. The second kappa shape index (κ2) is 4.06. The molecule has 2 aliphatic heterocycles. The molecular weight excluding hydrogens is 200 g/mol. The summed E-state index contributed by atoms with van der Waals surface area (Å²) < 4.78 is 5.51. The van der Waals surface area contributed by atoms with E-state index in [2.05, 4.69) is 22.0 Å². The Balaban J connectivity index is 1.84. The number of ether oxygens (including phenoxy) is 1. The minimum Gasteiger partial charge on any atom is -0.381 e. The number of piperidine rings is 1. The van der Waals surface area contributed by atoms with E-state index >= 15 is 0 Å². The number of fused-ring (bicyclic) bond motifs is 2. The largest absolute Gasteiger partial charge is 0.381 e. The Kier molecular flexibility index (Phi) is 2.56. The van der Waals surface area contributed by atoms with Crippen LogP contribution in [0.5, 0.6) is 0 Å². The summed E-state index contributed by atoms with van der Waals surface area (Å²) in [5.74, 6) is 1.14. The van der Waals surface area contributed by atoms with Gasteiger partial charge in [-0.15, -0.1) is 0 Å². The van der Waals surface area contributed by atoms with Gasteiger partial charge in [-0.25, -0.2) is 4.98 Å². The molecule has 2 fully saturated rings. The highest BCUT2D eigenvalue weighted by Gasteiger charge is 2.41. The maximum absolute atomic E-state index is 5.51. The average molecular weight is 218 g/mol. The van der Waals surface area contributed by atoms with Crippen LogP contribution in [0.2, 0.25) is 0 Å². The van der Waals surface area contributed by atoms with E-state index in [9.17, 15) is 0 Å². The van der Waals surface area contributed by atoms with E-state index in [0.29, 0.717) is 18.2 Å². The Labute approximate surface area is 96.4 Å². The van der Waals surface area contributed by atoms with Gasteiger partial charge < -0.3 is 9.64 Å². The highest BCUT2D eigenvalue weighted by atomic mass is 16.5. The number of pyridine rings is 1. The van der Waals surface area contributed by atoms with Crippen LogP contribution in [0.25, 0.3) is 0 Å². The van der Waals surface area contributed by atoms with Gasteiger partial charge >= 0.3 is 0 Å². The van der Waals surface area contributed by atoms with Gasteiger partial charge in [0.25, 0.3) is 0 Å². The number of hydrogen-bond acceptors (Lipinski definition) is 3. The topological polar surface area (TPSA) is 25.4 Å². The molecule has 0 saturated carbocycles. The van der Waals surface area contributed by atoms with Crippen LogP contribution < -0.4 is 4.90 Å². The summed E-state index contributed by atoms with van der Waals surface area (Å²) in [4.78, 5) is 6.99. The minimum absolute atomic E-state index is 0.456. The zero-order valence-electron chi connectivity index (χ0n) is 9.67. The van der Waals surface area contributed by atoms with Gasteiger partial charge in [-0.2, -0.15) is 0 Å². The third kappa shape index (κ3) is 1.59. The van der Waals surface area contributed by atoms with Gasteiger partial charge in [0, 0.05) is 25.4 Å². The average Bonchev–Trinajstić information content (AvgIpc) is 2.61. The van der Waals surface area contributed by atoms with Gasteiger partial charge in [-0.05, 0) is 37.8 Å². The molecule has 3 heteroatoms. The van der Waals surface area contributed by atoms with Gasteiger partial charge in [-0.1, -0.05) is 6.07 Å². The van der Waals surface area contributed by atoms with Gasteiger partial charge in [-0.3, -0.25) is 0 Å². The molecule has 1 aromatic rings. The molecule has 2 unspecified atom stereocenters. The van der Waals surface area contributed by atoms with Crippen LogP contribution in [0.4, 0.5) is 5.82 Å². The fraction of sp³-hybridized carbons (Fsp3) is 0.615. The van der Waals surface area contributed by atoms with Crippen LogP contribution in [-0.4, -0.2) is 30.3 Å². The molecule has 0 aromatic carbocycles. The Morgan fingerprint density at radius 1 is 1.25 bits per heavy atom. The molecule has 2 saturated heterocycles. The SMILES string of the molecule is COC1CC2CCC(C1)N2c1ccccn1. The second-order valence-corrected chi connectivity index (χ2v) is 4.81. The fourth-order valence-corrected chi connectivity index (χ4v) is 3.20. The van der Waals surface area contributed by atoms with Crippen LogP contribution in [0.3, 0.4) is 0 Å². The number of hydrogen-bond donors (Lipinski definition) is 0. The van der Waals surface area contributed by atoms with Crippen molar-refractivity contribution in [2.45, 2.75) is 43.9 Å². The predicted molar refractivity (Wildman–Crippen MR) is 63.6 cm³/mol. The fourth-order valence-electron chi connectivity index (χ4n) is 3.20. The molecule has 16 heavy (non-hydrogen) atoms. The molecule has 0 aliphatic carbocycles. The Morgan fingerprint density at radius 3 is 2.56 bits per heavy atom. The predicted octanol–water partition coefficient (Wildman–Crippen LogP) is 2.23. The Hall–Kier alpha value is -1.09. The quantitative estimate of drug-likeness (QED) is 0.761. The summed E-state index contributed by atoms with van der Waals surface area (Å²) >= 11 is 0. The maximum atomic E-state index is 5.51. The van der Waals surface area contributed by atoms with Crippen molar-refractivity contribution in [1.29, 1.82) is 0 Å². The molecule has 2 bridgehead atoms. The van der Waals surface area contributed by atoms with Crippen LogP contribution in [-0.2, 0) is 4.74 Å². The second-order valence-electron chi connectivity index (χ2n) is 4.81. The van der Waals surface area contributed by atoms with Crippen molar-refractivity contribution in [2.75, 3.05) is 12.0 Å². The standard InChI is InChI=1S/C13H18N2O/c1-16-12-8-10-5-6-11(9-12)15(10)13-4-2-3-7-14-13/h2-4,7,10-12H,5-6,8-9H2,1H3. The molecule has 0 amide bonds. The number of aromatic nitrogens is 1. The van der Waals surface area contributed by atoms with E-state index in [1.807, 2.05) is 19.4 Å². The van der Waals surface area contributed by atoms with Crippen molar-refractivity contribution in [3.8, 4) is 0 Å². The molecule has 0 spiro atoms. The molecular formula is C13H18N2O. The first-order chi connectivity index (χ1) is 7.88. The van der Waals surface area contributed by atoms with Crippen LogP contribution in [0, 0.1) is 0 Å². The third-order valence-electron chi connectivity index (χ3n) is 3.94. The van der Waals surface area contributed by atoms with Crippen molar-refractivity contribution in [1.82, 2.24) is 4.98 Å². The molecule has 0 radical (unpaired) electrons. The highest BCUT2D eigenvalue weighted by Crippen LogP contribution is 2.39. The third-order valence-corrected chi connectivity index (χ3v) is 3.94. The Bertz CT molecular complexity index is 340. The smallest absolute Gasteiger partial charge is 0.128 e. The summed E-state index contributed by atoms with van der Waals surface area (Å²) in [6, 6.07) is 7.45. The number of rotatable bonds is 2. The maximum Gasteiger partial charge on any atom is 0.128 e. The van der Waals surface area contributed by atoms with Crippen LogP contribution >= 0.6 is 0 Å². The molecule has 2 aliphatic rings. The Morgan fingerprint density at radius 2 is 2.00 bits per heavy atom. The minimum atomic E-state index is 0.456. The molecule has 86 valence electrons. The van der Waals surface area contributed by atoms with E-state index in [0.717, 1.165) is 18.7 Å². The molecule has 3 heterocycles. The molecule has 0 N–H and O–H groups in total. The van der Waals surface area contributed by atoms with Gasteiger partial charge in [0.05, 0.1) is 6.10 Å². The lowest BCUT2D eigenvalue weighted by Crippen LogP contribution is -2.45. The van der Waals surface area contributed by atoms with Crippen LogP contribution in [0.15, 0.2) is 24.4 Å². The van der Waals surface area contributed by atoms with Gasteiger partial charge in [0.2, 0.25) is 0 Å². The lowest BCUT2D eigenvalue weighted by molar-refractivity contribution is 0.0682. The summed E-state index contributed by atoms with van der Waals surface area (Å²) in [6.07, 6.45) is 7.24. The van der Waals surface area contributed by atoms with Crippen LogP contribution in [0.1, 0.15) is 25.7 Å². The summed E-state index contributed by atoms with van der Waals surface area (Å²) in [5.41, 5.74) is 0. The van der Waals surface area contributed by atoms with Gasteiger partial charge in [0.15, 0.2) is 0 Å². The zero-order chi connectivity index (χ0) is 11.0. The normalized spacial score (nSPS) is 33.1. The lowest BCUT2D eigenvalue weighted by atomic mass is 10.00. The molecule has 1 aromatic heterocycles. The van der Waals surface area contributed by atoms with E-state index < -0.39 is 0 Å². The summed E-state index contributed by atoms with van der Waals surface area (Å²) in [7, 11) is 1.83. The first-order valence-electron chi connectivity index (χ1n) is 6.10. The summed E-state index contributed by atoms with van der Waals surface area (Å²) in [5, 5.41) is 0. The van der Waals surface area contributed by atoms with E-state index in [1.165, 1.54) is 12.8 Å². The molecule has 2 atom stereocenters. The molecule has 3 nitrogen and oxygen atoms in total. The van der Waals surface area contributed by atoms with Crippen molar-refractivity contribution >= 4 is 5.82 Å². The monoisotopic (exact) mass is 218 g/mol. The number of anilines is 1.